The second kappa shape index (κ2) is 3.46. The van der Waals surface area contributed by atoms with Crippen molar-refractivity contribution >= 4 is 11.6 Å². The van der Waals surface area contributed by atoms with Gasteiger partial charge in [-0.05, 0) is 12.1 Å². The summed E-state index contributed by atoms with van der Waals surface area (Å²) in [5, 5.41) is 7.94. The van der Waals surface area contributed by atoms with Crippen molar-refractivity contribution in [2.75, 3.05) is 0 Å². The Morgan fingerprint density at radius 1 is 1.29 bits per heavy atom. The molecule has 0 aliphatic rings. The minimum atomic E-state index is -4.80. The van der Waals surface area contributed by atoms with Crippen LogP contribution < -0.4 is 0 Å². The molecule has 1 aromatic rings. The number of rotatable bonds is 0. The first-order valence-electron chi connectivity index (χ1n) is 3.32. The fourth-order valence-corrected chi connectivity index (χ4v) is 1.06. The van der Waals surface area contributed by atoms with Gasteiger partial charge in [0.1, 0.15) is 11.9 Å². The van der Waals surface area contributed by atoms with Gasteiger partial charge in [-0.3, -0.25) is 0 Å². The fraction of sp³-hybridized carbons (Fsp3) is 0.125. The third kappa shape index (κ3) is 1.96. The lowest BCUT2D eigenvalue weighted by Gasteiger charge is -2.08. The Hall–Kier alpha value is -1.28. The summed E-state index contributed by atoms with van der Waals surface area (Å²) >= 11 is 5.32. The zero-order chi connectivity index (χ0) is 10.9. The number of nitrogens with zero attached hydrogens (tertiary/aromatic N) is 1. The molecule has 0 radical (unpaired) electrons. The molecule has 0 N–H and O–H groups in total. The summed E-state index contributed by atoms with van der Waals surface area (Å²) in [7, 11) is 0. The van der Waals surface area contributed by atoms with Crippen molar-refractivity contribution in [3.05, 3.63) is 34.1 Å². The highest BCUT2D eigenvalue weighted by Crippen LogP contribution is 2.34. The summed E-state index contributed by atoms with van der Waals surface area (Å²) in [6.07, 6.45) is -4.80. The Balaban J connectivity index is 3.38. The first kappa shape index (κ1) is 10.8. The topological polar surface area (TPSA) is 23.8 Å². The van der Waals surface area contributed by atoms with E-state index in [1.165, 1.54) is 6.07 Å². The van der Waals surface area contributed by atoms with Crippen molar-refractivity contribution in [2.24, 2.45) is 0 Å². The van der Waals surface area contributed by atoms with Gasteiger partial charge in [0, 0.05) is 0 Å². The van der Waals surface area contributed by atoms with E-state index in [2.05, 4.69) is 0 Å². The van der Waals surface area contributed by atoms with Gasteiger partial charge in [-0.15, -0.1) is 0 Å². The Kier molecular flexibility index (Phi) is 2.67. The monoisotopic (exact) mass is 223 g/mol. The van der Waals surface area contributed by atoms with Crippen LogP contribution in [0.4, 0.5) is 17.6 Å². The van der Waals surface area contributed by atoms with Crippen LogP contribution in [-0.2, 0) is 6.18 Å². The molecule has 0 heterocycles. The molecule has 0 spiro atoms. The van der Waals surface area contributed by atoms with Crippen LogP contribution in [-0.4, -0.2) is 0 Å². The predicted molar refractivity (Wildman–Crippen MR) is 41.1 cm³/mol. The van der Waals surface area contributed by atoms with Gasteiger partial charge in [0.2, 0.25) is 0 Å². The van der Waals surface area contributed by atoms with Crippen LogP contribution in [0.2, 0.25) is 5.02 Å². The van der Waals surface area contributed by atoms with Gasteiger partial charge in [-0.25, -0.2) is 4.39 Å². The first-order chi connectivity index (χ1) is 6.36. The second-order valence-corrected chi connectivity index (χ2v) is 2.83. The molecule has 0 atom stereocenters. The molecule has 0 bridgehead atoms. The van der Waals surface area contributed by atoms with Gasteiger partial charge in [0.25, 0.3) is 0 Å². The highest BCUT2D eigenvalue weighted by Gasteiger charge is 2.34. The molecule has 0 amide bonds. The van der Waals surface area contributed by atoms with Gasteiger partial charge in [0.15, 0.2) is 0 Å². The van der Waals surface area contributed by atoms with E-state index >= 15 is 0 Å². The third-order valence-corrected chi connectivity index (χ3v) is 1.80. The molecular weight excluding hydrogens is 222 g/mol. The molecule has 0 aromatic heterocycles. The maximum atomic E-state index is 12.8. The van der Waals surface area contributed by atoms with Crippen LogP contribution in [0.1, 0.15) is 11.1 Å². The summed E-state index contributed by atoms with van der Waals surface area (Å²) in [6, 6.07) is 2.34. The maximum Gasteiger partial charge on any atom is 0.419 e. The van der Waals surface area contributed by atoms with E-state index in [4.69, 9.17) is 16.9 Å². The highest BCUT2D eigenvalue weighted by atomic mass is 35.5. The summed E-state index contributed by atoms with van der Waals surface area (Å²) in [4.78, 5) is 0. The van der Waals surface area contributed by atoms with Crippen molar-refractivity contribution in [1.82, 2.24) is 0 Å². The zero-order valence-corrected chi connectivity index (χ0v) is 7.25. The number of halogens is 5. The highest BCUT2D eigenvalue weighted by molar-refractivity contribution is 6.31. The minimum absolute atomic E-state index is 0.322. The molecule has 0 saturated heterocycles. The fourth-order valence-electron chi connectivity index (χ4n) is 0.850. The quantitative estimate of drug-likeness (QED) is 0.619. The van der Waals surface area contributed by atoms with Crippen molar-refractivity contribution < 1.29 is 17.6 Å². The normalized spacial score (nSPS) is 11.1. The van der Waals surface area contributed by atoms with Crippen molar-refractivity contribution in [2.45, 2.75) is 6.18 Å². The van der Waals surface area contributed by atoms with Crippen molar-refractivity contribution in [3.8, 4) is 6.07 Å². The van der Waals surface area contributed by atoms with E-state index in [1.807, 2.05) is 0 Å². The molecule has 0 saturated carbocycles. The number of alkyl halides is 3. The van der Waals surface area contributed by atoms with E-state index in [0.717, 1.165) is 0 Å². The Labute approximate surface area is 81.5 Å². The summed E-state index contributed by atoms with van der Waals surface area (Å²) in [6.45, 7) is 0. The smallest absolute Gasteiger partial charge is 0.206 e. The van der Waals surface area contributed by atoms with Gasteiger partial charge >= 0.3 is 6.18 Å². The molecule has 0 fully saturated rings. The second-order valence-electron chi connectivity index (χ2n) is 2.42. The Morgan fingerprint density at radius 2 is 1.86 bits per heavy atom. The van der Waals surface area contributed by atoms with Gasteiger partial charge in [-0.2, -0.15) is 18.4 Å². The number of nitriles is 1. The first-order valence-corrected chi connectivity index (χ1v) is 3.70. The molecule has 6 heteroatoms. The molecule has 1 aromatic carbocycles. The molecule has 0 unspecified atom stereocenters. The van der Waals surface area contributed by atoms with Crippen LogP contribution in [0.15, 0.2) is 12.1 Å². The van der Waals surface area contributed by atoms with Crippen LogP contribution in [0.5, 0.6) is 0 Å². The molecule has 1 nitrogen and oxygen atoms in total. The van der Waals surface area contributed by atoms with Crippen LogP contribution >= 0.6 is 11.6 Å². The summed E-state index contributed by atoms with van der Waals surface area (Å²) in [5.41, 5.74) is -1.79. The van der Waals surface area contributed by atoms with Crippen LogP contribution in [0.3, 0.4) is 0 Å². The van der Waals surface area contributed by atoms with Gasteiger partial charge in [0.05, 0.1) is 16.1 Å². The minimum Gasteiger partial charge on any atom is -0.206 e. The number of hydrogen-bond donors (Lipinski definition) is 0. The van der Waals surface area contributed by atoms with Crippen LogP contribution in [0.25, 0.3) is 0 Å². The molecule has 0 aliphatic carbocycles. The van der Waals surface area contributed by atoms with Crippen molar-refractivity contribution in [1.29, 1.82) is 5.26 Å². The molecule has 1 rings (SSSR count). The largest absolute Gasteiger partial charge is 0.419 e. The molecular formula is C8H2ClF4N. The third-order valence-electron chi connectivity index (χ3n) is 1.48. The lowest BCUT2D eigenvalue weighted by atomic mass is 10.1. The van der Waals surface area contributed by atoms with E-state index in [1.54, 1.807) is 0 Å². The average molecular weight is 224 g/mol. The standard InChI is InChI=1S/C8H2ClF4N/c9-6-2-5(8(11,12)13)7(10)1-4(6)3-14/h1-2H. The average Bonchev–Trinajstić information content (AvgIpc) is 2.06. The number of benzene rings is 1. The Morgan fingerprint density at radius 3 is 2.29 bits per heavy atom. The van der Waals surface area contributed by atoms with E-state index in [-0.39, 0.29) is 5.56 Å². The maximum absolute atomic E-state index is 12.8. The molecule has 14 heavy (non-hydrogen) atoms. The van der Waals surface area contributed by atoms with Gasteiger partial charge in [-0.1, -0.05) is 11.6 Å². The zero-order valence-electron chi connectivity index (χ0n) is 6.49. The SMILES string of the molecule is N#Cc1cc(F)c(C(F)(F)F)cc1Cl. The van der Waals surface area contributed by atoms with E-state index < -0.39 is 22.6 Å². The van der Waals surface area contributed by atoms with Crippen LogP contribution in [0, 0.1) is 17.1 Å². The Bertz CT molecular complexity index is 405. The molecule has 0 aliphatic heterocycles. The lowest BCUT2D eigenvalue weighted by molar-refractivity contribution is -0.139. The van der Waals surface area contributed by atoms with Gasteiger partial charge < -0.3 is 0 Å². The van der Waals surface area contributed by atoms with E-state index in [0.29, 0.717) is 12.1 Å². The molecule has 74 valence electrons. The summed E-state index contributed by atoms with van der Waals surface area (Å²) in [5.74, 6) is -1.50. The lowest BCUT2D eigenvalue weighted by Crippen LogP contribution is -2.08. The predicted octanol–water partition coefficient (Wildman–Crippen LogP) is 3.37. The summed E-state index contributed by atoms with van der Waals surface area (Å²) < 4.78 is 49.0. The number of hydrogen-bond acceptors (Lipinski definition) is 1. The van der Waals surface area contributed by atoms with Crippen molar-refractivity contribution in [3.63, 3.8) is 0 Å². The van der Waals surface area contributed by atoms with E-state index in [9.17, 15) is 17.6 Å².